The number of amides is 2. The van der Waals surface area contributed by atoms with Gasteiger partial charge >= 0.3 is 6.18 Å². The molecule has 0 radical (unpaired) electrons. The Morgan fingerprint density at radius 3 is 2.13 bits per heavy atom. The number of nitrogens with zero attached hydrogens (tertiary/aromatic N) is 1. The van der Waals surface area contributed by atoms with Gasteiger partial charge in [-0.3, -0.25) is 9.59 Å². The fourth-order valence-corrected chi connectivity index (χ4v) is 2.61. The van der Waals surface area contributed by atoms with E-state index in [1.54, 1.807) is 36.4 Å². The molecule has 0 unspecified atom stereocenters. The summed E-state index contributed by atoms with van der Waals surface area (Å²) >= 11 is 0. The second kappa shape index (κ2) is 9.75. The minimum Gasteiger partial charge on any atom is -0.438 e. The number of carbonyl (C=O) groups is 2. The highest BCUT2D eigenvalue weighted by Crippen LogP contribution is 2.29. The molecule has 9 heteroatoms. The standard InChI is InChI=1S/C22H18F3N3O3/c23-22(24,25)16-10-8-15(9-11-16)19(29)26-13-14-27-20(30)18-7-4-12-28-21(18)31-17-5-2-1-3-6-17/h1-12H,13-14H2,(H,26,29)(H,27,30). The van der Waals surface area contributed by atoms with E-state index in [1.807, 2.05) is 6.07 Å². The number of carbonyl (C=O) groups excluding carboxylic acids is 2. The van der Waals surface area contributed by atoms with Gasteiger partial charge in [-0.05, 0) is 48.5 Å². The van der Waals surface area contributed by atoms with Crippen LogP contribution in [-0.2, 0) is 6.18 Å². The molecule has 0 saturated heterocycles. The number of aromatic nitrogens is 1. The Morgan fingerprint density at radius 1 is 0.839 bits per heavy atom. The highest BCUT2D eigenvalue weighted by Gasteiger charge is 2.30. The van der Waals surface area contributed by atoms with E-state index in [1.165, 1.54) is 6.20 Å². The maximum atomic E-state index is 12.6. The van der Waals surface area contributed by atoms with Gasteiger partial charge in [-0.15, -0.1) is 0 Å². The van der Waals surface area contributed by atoms with Crippen LogP contribution in [0.2, 0.25) is 0 Å². The third kappa shape index (κ3) is 6.05. The van der Waals surface area contributed by atoms with Crippen molar-refractivity contribution in [2.24, 2.45) is 0 Å². The monoisotopic (exact) mass is 429 g/mol. The third-order valence-corrected chi connectivity index (χ3v) is 4.14. The predicted octanol–water partition coefficient (Wildman–Crippen LogP) is 4.05. The lowest BCUT2D eigenvalue weighted by atomic mass is 10.1. The quantitative estimate of drug-likeness (QED) is 0.556. The Morgan fingerprint density at radius 2 is 1.48 bits per heavy atom. The average molecular weight is 429 g/mol. The van der Waals surface area contributed by atoms with Crippen LogP contribution in [0.3, 0.4) is 0 Å². The number of hydrogen-bond acceptors (Lipinski definition) is 4. The highest BCUT2D eigenvalue weighted by molar-refractivity contribution is 5.96. The van der Waals surface area contributed by atoms with Crippen molar-refractivity contribution in [3.63, 3.8) is 0 Å². The Kier molecular flexibility index (Phi) is 6.86. The van der Waals surface area contributed by atoms with Crippen molar-refractivity contribution >= 4 is 11.8 Å². The molecule has 0 aliphatic carbocycles. The molecule has 3 rings (SSSR count). The molecule has 0 bridgehead atoms. The summed E-state index contributed by atoms with van der Waals surface area (Å²) in [6, 6.07) is 15.9. The molecule has 1 aromatic heterocycles. The van der Waals surface area contributed by atoms with Gasteiger partial charge in [0.15, 0.2) is 0 Å². The largest absolute Gasteiger partial charge is 0.438 e. The van der Waals surface area contributed by atoms with Crippen LogP contribution in [0.15, 0.2) is 72.9 Å². The van der Waals surface area contributed by atoms with E-state index < -0.39 is 23.6 Å². The summed E-state index contributed by atoms with van der Waals surface area (Å²) in [6.45, 7) is 0.186. The Balaban J connectivity index is 1.51. The van der Waals surface area contributed by atoms with Crippen molar-refractivity contribution < 1.29 is 27.5 Å². The summed E-state index contributed by atoms with van der Waals surface area (Å²) in [5.74, 6) is -0.320. The number of hydrogen-bond donors (Lipinski definition) is 2. The van der Waals surface area contributed by atoms with Crippen molar-refractivity contribution in [1.82, 2.24) is 15.6 Å². The van der Waals surface area contributed by atoms with Gasteiger partial charge in [0, 0.05) is 24.8 Å². The molecule has 6 nitrogen and oxygen atoms in total. The van der Waals surface area contributed by atoms with Gasteiger partial charge in [0.1, 0.15) is 11.3 Å². The smallest absolute Gasteiger partial charge is 0.416 e. The maximum Gasteiger partial charge on any atom is 0.416 e. The normalized spacial score (nSPS) is 10.9. The zero-order valence-electron chi connectivity index (χ0n) is 16.1. The van der Waals surface area contributed by atoms with Gasteiger partial charge in [0.05, 0.1) is 5.56 Å². The van der Waals surface area contributed by atoms with E-state index in [0.717, 1.165) is 24.3 Å². The molecule has 1 heterocycles. The first-order valence-corrected chi connectivity index (χ1v) is 9.26. The van der Waals surface area contributed by atoms with Crippen molar-refractivity contribution in [3.05, 3.63) is 89.6 Å². The molecule has 160 valence electrons. The number of halogens is 3. The van der Waals surface area contributed by atoms with Gasteiger partial charge < -0.3 is 15.4 Å². The number of nitrogens with one attached hydrogen (secondary N) is 2. The van der Waals surface area contributed by atoms with Crippen molar-refractivity contribution in [1.29, 1.82) is 0 Å². The molecule has 31 heavy (non-hydrogen) atoms. The fourth-order valence-electron chi connectivity index (χ4n) is 2.61. The number of ether oxygens (including phenoxy) is 1. The maximum absolute atomic E-state index is 12.6. The molecular formula is C22H18F3N3O3. The Labute approximate surface area is 176 Å². The second-order valence-electron chi connectivity index (χ2n) is 6.36. The van der Waals surface area contributed by atoms with Crippen molar-refractivity contribution in [3.8, 4) is 11.6 Å². The second-order valence-corrected chi connectivity index (χ2v) is 6.36. The molecule has 2 N–H and O–H groups in total. The average Bonchev–Trinajstić information content (AvgIpc) is 2.77. The van der Waals surface area contributed by atoms with E-state index >= 15 is 0 Å². The minimum atomic E-state index is -4.46. The van der Waals surface area contributed by atoms with E-state index in [2.05, 4.69) is 15.6 Å². The molecule has 0 fully saturated rings. The van der Waals surface area contributed by atoms with Gasteiger partial charge in [0.2, 0.25) is 5.88 Å². The first-order chi connectivity index (χ1) is 14.8. The molecule has 2 amide bonds. The minimum absolute atomic E-state index is 0.0841. The molecule has 2 aromatic carbocycles. The molecule has 3 aromatic rings. The first kappa shape index (κ1) is 21.8. The van der Waals surface area contributed by atoms with Gasteiger partial charge in [-0.1, -0.05) is 18.2 Å². The zero-order chi connectivity index (χ0) is 22.3. The number of rotatable bonds is 7. The van der Waals surface area contributed by atoms with Crippen LogP contribution in [0.4, 0.5) is 13.2 Å². The number of benzene rings is 2. The summed E-state index contributed by atoms with van der Waals surface area (Å²) in [5.41, 5.74) is -0.521. The van der Waals surface area contributed by atoms with Gasteiger partial charge in [-0.25, -0.2) is 4.98 Å². The summed E-state index contributed by atoms with van der Waals surface area (Å²) in [5, 5.41) is 5.18. The lowest BCUT2D eigenvalue weighted by Crippen LogP contribution is -2.34. The highest BCUT2D eigenvalue weighted by atomic mass is 19.4. The summed E-state index contributed by atoms with van der Waals surface area (Å²) < 4.78 is 43.4. The molecule has 0 aliphatic rings. The number of alkyl halides is 3. The number of para-hydroxylation sites is 1. The van der Waals surface area contributed by atoms with Crippen LogP contribution in [0.1, 0.15) is 26.3 Å². The molecule has 0 saturated carbocycles. The molecule has 0 atom stereocenters. The molecule has 0 aliphatic heterocycles. The molecular weight excluding hydrogens is 411 g/mol. The predicted molar refractivity (Wildman–Crippen MR) is 107 cm³/mol. The zero-order valence-corrected chi connectivity index (χ0v) is 16.1. The van der Waals surface area contributed by atoms with Crippen LogP contribution >= 0.6 is 0 Å². The summed E-state index contributed by atoms with van der Waals surface area (Å²) in [4.78, 5) is 28.6. The third-order valence-electron chi connectivity index (χ3n) is 4.14. The fraction of sp³-hybridized carbons (Fsp3) is 0.136. The number of pyridine rings is 1. The van der Waals surface area contributed by atoms with Crippen molar-refractivity contribution in [2.75, 3.05) is 13.1 Å². The lowest BCUT2D eigenvalue weighted by molar-refractivity contribution is -0.137. The van der Waals surface area contributed by atoms with Crippen LogP contribution in [0.25, 0.3) is 0 Å². The van der Waals surface area contributed by atoms with Crippen LogP contribution in [-0.4, -0.2) is 29.9 Å². The summed E-state index contributed by atoms with van der Waals surface area (Å²) in [7, 11) is 0. The van der Waals surface area contributed by atoms with E-state index in [4.69, 9.17) is 4.74 Å². The molecule has 0 spiro atoms. The lowest BCUT2D eigenvalue weighted by Gasteiger charge is -2.11. The topological polar surface area (TPSA) is 80.3 Å². The SMILES string of the molecule is O=C(NCCNC(=O)c1cccnc1Oc1ccccc1)c1ccc(C(F)(F)F)cc1. The van der Waals surface area contributed by atoms with Gasteiger partial charge in [0.25, 0.3) is 11.8 Å². The van der Waals surface area contributed by atoms with Crippen LogP contribution in [0.5, 0.6) is 11.6 Å². The Bertz CT molecular complexity index is 1040. The van der Waals surface area contributed by atoms with Gasteiger partial charge in [-0.2, -0.15) is 13.2 Å². The van der Waals surface area contributed by atoms with Crippen molar-refractivity contribution in [2.45, 2.75) is 6.18 Å². The summed E-state index contributed by atoms with van der Waals surface area (Å²) in [6.07, 6.45) is -2.96. The van der Waals surface area contributed by atoms with E-state index in [0.29, 0.717) is 5.75 Å². The van der Waals surface area contributed by atoms with Crippen LogP contribution < -0.4 is 15.4 Å². The van der Waals surface area contributed by atoms with E-state index in [-0.39, 0.29) is 30.1 Å². The van der Waals surface area contributed by atoms with E-state index in [9.17, 15) is 22.8 Å². The first-order valence-electron chi connectivity index (χ1n) is 9.26. The van der Waals surface area contributed by atoms with Crippen LogP contribution in [0, 0.1) is 0 Å². The Hall–Kier alpha value is -3.88.